The lowest BCUT2D eigenvalue weighted by Crippen LogP contribution is -2.30. The van der Waals surface area contributed by atoms with Gasteiger partial charge in [0.1, 0.15) is 0 Å². The maximum absolute atomic E-state index is 10.9. The molecule has 0 aliphatic heterocycles. The Morgan fingerprint density at radius 2 is 2.06 bits per heavy atom. The second-order valence-corrected chi connectivity index (χ2v) is 5.18. The highest BCUT2D eigenvalue weighted by Gasteiger charge is 2.17. The molecule has 1 aromatic rings. The topological polar surface area (TPSA) is 55.2 Å². The molecule has 98 valence electrons. The highest BCUT2D eigenvalue weighted by Crippen LogP contribution is 2.24. The van der Waals surface area contributed by atoms with Crippen molar-refractivity contribution in [3.05, 3.63) is 38.9 Å². The van der Waals surface area contributed by atoms with Gasteiger partial charge in [-0.05, 0) is 25.0 Å². The van der Waals surface area contributed by atoms with Crippen LogP contribution in [0.4, 0.5) is 5.69 Å². The number of rotatable bonds is 4. The maximum Gasteiger partial charge on any atom is 0.273 e. The van der Waals surface area contributed by atoms with Gasteiger partial charge in [-0.1, -0.05) is 30.9 Å². The van der Waals surface area contributed by atoms with E-state index >= 15 is 0 Å². The standard InChI is InChI=1S/C13H17ClN2O2/c14-11-6-7-13(16(17)18)10(8-11)9-15-12-4-2-1-3-5-12/h6-8,12,15H,1-5,9H2. The SMILES string of the molecule is O=[N+]([O-])c1ccc(Cl)cc1CNC1CCCCC1. The minimum absolute atomic E-state index is 0.141. The molecule has 0 heterocycles. The Morgan fingerprint density at radius 3 is 2.72 bits per heavy atom. The van der Waals surface area contributed by atoms with E-state index in [9.17, 15) is 10.1 Å². The third kappa shape index (κ3) is 3.43. The summed E-state index contributed by atoms with van der Waals surface area (Å²) < 4.78 is 0. The first kappa shape index (κ1) is 13.3. The predicted octanol–water partition coefficient (Wildman–Crippen LogP) is 3.67. The number of hydrogen-bond acceptors (Lipinski definition) is 3. The molecular weight excluding hydrogens is 252 g/mol. The summed E-state index contributed by atoms with van der Waals surface area (Å²) in [5, 5.41) is 14.9. The zero-order valence-corrected chi connectivity index (χ0v) is 10.9. The van der Waals surface area contributed by atoms with Crippen LogP contribution in [0.1, 0.15) is 37.7 Å². The predicted molar refractivity (Wildman–Crippen MR) is 71.8 cm³/mol. The van der Waals surface area contributed by atoms with Gasteiger partial charge in [-0.2, -0.15) is 0 Å². The number of nitrogens with one attached hydrogen (secondary N) is 1. The number of hydrogen-bond donors (Lipinski definition) is 1. The van der Waals surface area contributed by atoms with Crippen molar-refractivity contribution in [1.82, 2.24) is 5.32 Å². The molecule has 2 rings (SSSR count). The molecule has 18 heavy (non-hydrogen) atoms. The van der Waals surface area contributed by atoms with Crippen molar-refractivity contribution in [3.8, 4) is 0 Å². The molecule has 1 aliphatic carbocycles. The van der Waals surface area contributed by atoms with Gasteiger partial charge in [-0.3, -0.25) is 10.1 Å². The van der Waals surface area contributed by atoms with Gasteiger partial charge in [-0.25, -0.2) is 0 Å². The number of halogens is 1. The fourth-order valence-corrected chi connectivity index (χ4v) is 2.63. The molecular formula is C13H17ClN2O2. The van der Waals surface area contributed by atoms with E-state index in [0.717, 1.165) is 12.8 Å². The van der Waals surface area contributed by atoms with Crippen molar-refractivity contribution in [2.75, 3.05) is 0 Å². The lowest BCUT2D eigenvalue weighted by molar-refractivity contribution is -0.385. The van der Waals surface area contributed by atoms with E-state index in [1.165, 1.54) is 25.3 Å². The molecule has 0 spiro atoms. The number of nitro benzene ring substituents is 1. The summed E-state index contributed by atoms with van der Waals surface area (Å²) >= 11 is 5.89. The Bertz CT molecular complexity index is 431. The van der Waals surface area contributed by atoms with Gasteiger partial charge in [0.25, 0.3) is 5.69 Å². The Labute approximate surface area is 111 Å². The quantitative estimate of drug-likeness (QED) is 0.670. The average Bonchev–Trinajstić information content (AvgIpc) is 2.37. The van der Waals surface area contributed by atoms with Crippen molar-refractivity contribution in [2.24, 2.45) is 0 Å². The number of benzene rings is 1. The normalized spacial score (nSPS) is 16.7. The van der Waals surface area contributed by atoms with E-state index in [4.69, 9.17) is 11.6 Å². The van der Waals surface area contributed by atoms with Crippen molar-refractivity contribution in [2.45, 2.75) is 44.7 Å². The molecule has 0 atom stereocenters. The van der Waals surface area contributed by atoms with Crippen LogP contribution in [0.15, 0.2) is 18.2 Å². The van der Waals surface area contributed by atoms with Crippen molar-refractivity contribution >= 4 is 17.3 Å². The van der Waals surface area contributed by atoms with Crippen LogP contribution >= 0.6 is 11.6 Å². The van der Waals surface area contributed by atoms with E-state index < -0.39 is 0 Å². The summed E-state index contributed by atoms with van der Waals surface area (Å²) in [5.74, 6) is 0. The molecule has 1 saturated carbocycles. The third-order valence-electron chi connectivity index (χ3n) is 3.42. The van der Waals surface area contributed by atoms with E-state index in [2.05, 4.69) is 5.32 Å². The number of nitro groups is 1. The lowest BCUT2D eigenvalue weighted by atomic mass is 9.95. The lowest BCUT2D eigenvalue weighted by Gasteiger charge is -2.22. The van der Waals surface area contributed by atoms with Crippen molar-refractivity contribution < 1.29 is 4.92 Å². The first-order valence-electron chi connectivity index (χ1n) is 6.33. The fraction of sp³-hybridized carbons (Fsp3) is 0.538. The van der Waals surface area contributed by atoms with Crippen LogP contribution in [-0.2, 0) is 6.54 Å². The molecule has 1 N–H and O–H groups in total. The van der Waals surface area contributed by atoms with Crippen LogP contribution in [0.5, 0.6) is 0 Å². The molecule has 0 amide bonds. The molecule has 4 nitrogen and oxygen atoms in total. The molecule has 1 aromatic carbocycles. The van der Waals surface area contributed by atoms with Crippen LogP contribution in [0.3, 0.4) is 0 Å². The molecule has 0 saturated heterocycles. The second kappa shape index (κ2) is 6.16. The van der Waals surface area contributed by atoms with Crippen molar-refractivity contribution in [3.63, 3.8) is 0 Å². The third-order valence-corrected chi connectivity index (χ3v) is 3.66. The maximum atomic E-state index is 10.9. The van der Waals surface area contributed by atoms with Gasteiger partial charge in [0, 0.05) is 29.2 Å². The van der Waals surface area contributed by atoms with Gasteiger partial charge in [0.05, 0.1) is 4.92 Å². The molecule has 0 aromatic heterocycles. The minimum Gasteiger partial charge on any atom is -0.310 e. The van der Waals surface area contributed by atoms with E-state index in [-0.39, 0.29) is 10.6 Å². The first-order valence-corrected chi connectivity index (χ1v) is 6.71. The number of nitrogens with zero attached hydrogens (tertiary/aromatic N) is 1. The smallest absolute Gasteiger partial charge is 0.273 e. The Balaban J connectivity index is 2.03. The monoisotopic (exact) mass is 268 g/mol. The Morgan fingerprint density at radius 1 is 1.33 bits per heavy atom. The molecule has 0 bridgehead atoms. The average molecular weight is 269 g/mol. The van der Waals surface area contributed by atoms with Gasteiger partial charge in [0.2, 0.25) is 0 Å². The van der Waals surface area contributed by atoms with Crippen LogP contribution in [0, 0.1) is 10.1 Å². The van der Waals surface area contributed by atoms with Gasteiger partial charge in [-0.15, -0.1) is 0 Å². The van der Waals surface area contributed by atoms with E-state index in [0.29, 0.717) is 23.2 Å². The largest absolute Gasteiger partial charge is 0.310 e. The zero-order valence-electron chi connectivity index (χ0n) is 10.2. The Hall–Kier alpha value is -1.13. The first-order chi connectivity index (χ1) is 8.66. The van der Waals surface area contributed by atoms with Gasteiger partial charge >= 0.3 is 0 Å². The van der Waals surface area contributed by atoms with Crippen LogP contribution < -0.4 is 5.32 Å². The Kier molecular flexibility index (Phi) is 4.55. The van der Waals surface area contributed by atoms with Crippen LogP contribution in [0.25, 0.3) is 0 Å². The molecule has 1 fully saturated rings. The fourth-order valence-electron chi connectivity index (χ4n) is 2.43. The summed E-state index contributed by atoms with van der Waals surface area (Å²) in [5.41, 5.74) is 0.806. The second-order valence-electron chi connectivity index (χ2n) is 4.75. The summed E-state index contributed by atoms with van der Waals surface area (Å²) in [6, 6.07) is 5.19. The van der Waals surface area contributed by atoms with Crippen LogP contribution in [0.2, 0.25) is 5.02 Å². The highest BCUT2D eigenvalue weighted by molar-refractivity contribution is 6.30. The summed E-state index contributed by atoms with van der Waals surface area (Å²) in [4.78, 5) is 10.6. The van der Waals surface area contributed by atoms with Crippen molar-refractivity contribution in [1.29, 1.82) is 0 Å². The minimum atomic E-state index is -0.353. The van der Waals surface area contributed by atoms with Gasteiger partial charge in [0.15, 0.2) is 0 Å². The highest BCUT2D eigenvalue weighted by atomic mass is 35.5. The van der Waals surface area contributed by atoms with Gasteiger partial charge < -0.3 is 5.32 Å². The van der Waals surface area contributed by atoms with Crippen LogP contribution in [-0.4, -0.2) is 11.0 Å². The molecule has 0 radical (unpaired) electrons. The van der Waals surface area contributed by atoms with E-state index in [1.807, 2.05) is 0 Å². The molecule has 5 heteroatoms. The molecule has 1 aliphatic rings. The summed E-state index contributed by atoms with van der Waals surface area (Å²) in [6.45, 7) is 0.515. The van der Waals surface area contributed by atoms with E-state index in [1.54, 1.807) is 12.1 Å². The summed E-state index contributed by atoms with van der Waals surface area (Å²) in [7, 11) is 0. The summed E-state index contributed by atoms with van der Waals surface area (Å²) in [6.07, 6.45) is 6.11. The zero-order chi connectivity index (χ0) is 13.0. The molecule has 0 unspecified atom stereocenters.